The zero-order chi connectivity index (χ0) is 15.7. The summed E-state index contributed by atoms with van der Waals surface area (Å²) in [7, 11) is 0. The smallest absolute Gasteiger partial charge is 0.317 e. The molecule has 1 aromatic rings. The van der Waals surface area contributed by atoms with E-state index in [2.05, 4.69) is 38.9 Å². The fourth-order valence-electron chi connectivity index (χ4n) is 3.17. The highest BCUT2D eigenvalue weighted by Crippen LogP contribution is 2.37. The van der Waals surface area contributed by atoms with Crippen molar-refractivity contribution in [3.8, 4) is 0 Å². The maximum atomic E-state index is 12.3. The van der Waals surface area contributed by atoms with Gasteiger partial charge in [0.15, 0.2) is 0 Å². The Hall–Kier alpha value is -1.08. The van der Waals surface area contributed by atoms with Gasteiger partial charge < -0.3 is 15.5 Å². The molecule has 0 atom stereocenters. The summed E-state index contributed by atoms with van der Waals surface area (Å²) >= 11 is 5.14. The van der Waals surface area contributed by atoms with Crippen LogP contribution in [-0.2, 0) is 11.3 Å². The number of halogens is 1. The Morgan fingerprint density at radius 3 is 2.77 bits per heavy atom. The fraction of sp³-hybridized carbons (Fsp3) is 0.600. The molecule has 0 aromatic carbocycles. The zero-order valence-electron chi connectivity index (χ0n) is 12.6. The molecule has 0 unspecified atom stereocenters. The van der Waals surface area contributed by atoms with Gasteiger partial charge in [0, 0.05) is 32.6 Å². The second-order valence-electron chi connectivity index (χ2n) is 6.26. The Balaban J connectivity index is 1.50. The Labute approximate surface area is 142 Å². The third-order valence-electron chi connectivity index (χ3n) is 4.82. The van der Waals surface area contributed by atoms with Gasteiger partial charge >= 0.3 is 6.03 Å². The summed E-state index contributed by atoms with van der Waals surface area (Å²) in [5, 5.41) is 7.99. The standard InChI is InChI=1S/C15H20BrN3O2S/c1-10-11(8-22-13(10)16)7-17-14(21)19-4-2-15(3-5-19)6-12(20)18-9-15/h8H,2-7,9H2,1H3,(H,17,21)(H,18,20). The van der Waals surface area contributed by atoms with Crippen molar-refractivity contribution >= 4 is 39.2 Å². The molecule has 0 aliphatic carbocycles. The van der Waals surface area contributed by atoms with Gasteiger partial charge in [-0.1, -0.05) is 0 Å². The molecule has 0 saturated carbocycles. The van der Waals surface area contributed by atoms with Crippen LogP contribution in [-0.4, -0.2) is 36.5 Å². The highest BCUT2D eigenvalue weighted by molar-refractivity contribution is 9.11. The van der Waals surface area contributed by atoms with Gasteiger partial charge in [-0.25, -0.2) is 4.79 Å². The molecule has 2 N–H and O–H groups in total. The predicted octanol–water partition coefficient (Wildman–Crippen LogP) is 2.63. The van der Waals surface area contributed by atoms with Gasteiger partial charge in [0.1, 0.15) is 0 Å². The van der Waals surface area contributed by atoms with Crippen molar-refractivity contribution in [1.29, 1.82) is 0 Å². The van der Waals surface area contributed by atoms with Gasteiger partial charge in [0.05, 0.1) is 3.79 Å². The summed E-state index contributed by atoms with van der Waals surface area (Å²) in [4.78, 5) is 25.6. The number of nitrogens with zero attached hydrogens (tertiary/aromatic N) is 1. The molecule has 7 heteroatoms. The quantitative estimate of drug-likeness (QED) is 0.821. The molecule has 2 saturated heterocycles. The van der Waals surface area contributed by atoms with E-state index in [1.807, 2.05) is 4.90 Å². The molecule has 3 heterocycles. The van der Waals surface area contributed by atoms with E-state index in [1.165, 1.54) is 5.56 Å². The van der Waals surface area contributed by atoms with Crippen LogP contribution in [0.2, 0.25) is 0 Å². The highest BCUT2D eigenvalue weighted by Gasteiger charge is 2.41. The molecule has 1 spiro atoms. The first-order valence-electron chi connectivity index (χ1n) is 7.51. The summed E-state index contributed by atoms with van der Waals surface area (Å²) in [6.07, 6.45) is 2.43. The minimum atomic E-state index is -0.00569. The van der Waals surface area contributed by atoms with Crippen molar-refractivity contribution in [2.24, 2.45) is 5.41 Å². The first kappa shape index (κ1) is 15.8. The minimum Gasteiger partial charge on any atom is -0.356 e. The van der Waals surface area contributed by atoms with Crippen LogP contribution in [0.15, 0.2) is 9.17 Å². The van der Waals surface area contributed by atoms with Crippen LogP contribution in [0.3, 0.4) is 0 Å². The van der Waals surface area contributed by atoms with E-state index in [4.69, 9.17) is 0 Å². The Bertz CT molecular complexity index is 594. The summed E-state index contributed by atoms with van der Waals surface area (Å²) < 4.78 is 1.12. The highest BCUT2D eigenvalue weighted by atomic mass is 79.9. The number of urea groups is 1. The monoisotopic (exact) mass is 385 g/mol. The van der Waals surface area contributed by atoms with Gasteiger partial charge in [-0.3, -0.25) is 4.79 Å². The molecule has 2 fully saturated rings. The van der Waals surface area contributed by atoms with Crippen LogP contribution in [0.4, 0.5) is 4.79 Å². The molecule has 0 bridgehead atoms. The van der Waals surface area contributed by atoms with Crippen molar-refractivity contribution in [1.82, 2.24) is 15.5 Å². The average Bonchev–Trinajstić information content (AvgIpc) is 3.02. The summed E-state index contributed by atoms with van der Waals surface area (Å²) in [6.45, 7) is 4.84. The number of rotatable bonds is 2. The van der Waals surface area contributed by atoms with E-state index >= 15 is 0 Å². The van der Waals surface area contributed by atoms with Gasteiger partial charge in [-0.05, 0) is 57.6 Å². The number of hydrogen-bond acceptors (Lipinski definition) is 3. The lowest BCUT2D eigenvalue weighted by Gasteiger charge is -2.38. The molecular weight excluding hydrogens is 366 g/mol. The van der Waals surface area contributed by atoms with E-state index in [9.17, 15) is 9.59 Å². The average molecular weight is 386 g/mol. The molecular formula is C15H20BrN3O2S. The number of likely N-dealkylation sites (tertiary alicyclic amines) is 1. The normalized spacial score (nSPS) is 20.3. The van der Waals surface area contributed by atoms with Gasteiger partial charge in [-0.2, -0.15) is 0 Å². The SMILES string of the molecule is Cc1c(CNC(=O)N2CCC3(CC2)CNC(=O)C3)csc1Br. The molecule has 1 aromatic heterocycles. The number of hydrogen-bond donors (Lipinski definition) is 2. The van der Waals surface area contributed by atoms with Crippen molar-refractivity contribution in [3.05, 3.63) is 20.3 Å². The number of carbonyl (C=O) groups excluding carboxylic acids is 2. The lowest BCUT2D eigenvalue weighted by atomic mass is 9.78. The number of thiophene rings is 1. The van der Waals surface area contributed by atoms with E-state index < -0.39 is 0 Å². The van der Waals surface area contributed by atoms with E-state index in [1.54, 1.807) is 11.3 Å². The number of piperidine rings is 1. The molecule has 3 rings (SSSR count). The van der Waals surface area contributed by atoms with Crippen LogP contribution in [0.1, 0.15) is 30.4 Å². The molecule has 2 aliphatic heterocycles. The first-order chi connectivity index (χ1) is 10.5. The van der Waals surface area contributed by atoms with Crippen LogP contribution >= 0.6 is 27.3 Å². The second-order valence-corrected chi connectivity index (χ2v) is 8.46. The number of amides is 3. The largest absolute Gasteiger partial charge is 0.356 e. The third-order valence-corrected chi connectivity index (χ3v) is 6.89. The lowest BCUT2D eigenvalue weighted by molar-refractivity contribution is -0.119. The topological polar surface area (TPSA) is 61.4 Å². The van der Waals surface area contributed by atoms with Gasteiger partial charge in [-0.15, -0.1) is 11.3 Å². The minimum absolute atomic E-state index is 0.00569. The van der Waals surface area contributed by atoms with Crippen molar-refractivity contribution in [2.75, 3.05) is 19.6 Å². The summed E-state index contributed by atoms with van der Waals surface area (Å²) in [5.74, 6) is 0.149. The van der Waals surface area contributed by atoms with Crippen molar-refractivity contribution < 1.29 is 9.59 Å². The van der Waals surface area contributed by atoms with Crippen molar-refractivity contribution in [2.45, 2.75) is 32.7 Å². The van der Waals surface area contributed by atoms with E-state index in [-0.39, 0.29) is 17.4 Å². The van der Waals surface area contributed by atoms with Gasteiger partial charge in [0.25, 0.3) is 0 Å². The van der Waals surface area contributed by atoms with Crippen LogP contribution in [0.25, 0.3) is 0 Å². The Morgan fingerprint density at radius 1 is 1.50 bits per heavy atom. The predicted molar refractivity (Wildman–Crippen MR) is 89.9 cm³/mol. The molecule has 3 amide bonds. The number of nitrogens with one attached hydrogen (secondary N) is 2. The summed E-state index contributed by atoms with van der Waals surface area (Å²) in [6, 6.07) is -0.00569. The fourth-order valence-corrected chi connectivity index (χ4v) is 4.52. The van der Waals surface area contributed by atoms with Crippen LogP contribution in [0.5, 0.6) is 0 Å². The summed E-state index contributed by atoms with van der Waals surface area (Å²) in [5.41, 5.74) is 2.44. The molecule has 22 heavy (non-hydrogen) atoms. The maximum Gasteiger partial charge on any atom is 0.317 e. The molecule has 120 valence electrons. The molecule has 2 aliphatic rings. The first-order valence-corrected chi connectivity index (χ1v) is 9.18. The number of carbonyl (C=O) groups is 2. The zero-order valence-corrected chi connectivity index (χ0v) is 15.0. The van der Waals surface area contributed by atoms with Crippen LogP contribution in [0, 0.1) is 12.3 Å². The van der Waals surface area contributed by atoms with E-state index in [0.717, 1.165) is 41.8 Å². The maximum absolute atomic E-state index is 12.3. The van der Waals surface area contributed by atoms with Crippen LogP contribution < -0.4 is 10.6 Å². The van der Waals surface area contributed by atoms with E-state index in [0.29, 0.717) is 13.0 Å². The second kappa shape index (κ2) is 6.20. The Morgan fingerprint density at radius 2 is 2.23 bits per heavy atom. The van der Waals surface area contributed by atoms with Crippen molar-refractivity contribution in [3.63, 3.8) is 0 Å². The Kier molecular flexibility index (Phi) is 4.45. The third kappa shape index (κ3) is 3.15. The molecule has 5 nitrogen and oxygen atoms in total. The lowest BCUT2D eigenvalue weighted by Crippen LogP contribution is -2.47. The molecule has 0 radical (unpaired) electrons. The van der Waals surface area contributed by atoms with Gasteiger partial charge in [0.2, 0.25) is 5.91 Å².